The van der Waals surface area contributed by atoms with E-state index in [0.29, 0.717) is 18.5 Å². The normalized spacial score (nSPS) is 18.6. The first-order valence-corrected chi connectivity index (χ1v) is 11.5. The summed E-state index contributed by atoms with van der Waals surface area (Å²) in [6.07, 6.45) is 4.45. The molecule has 32 heavy (non-hydrogen) atoms. The Morgan fingerprint density at radius 2 is 1.62 bits per heavy atom. The van der Waals surface area contributed by atoms with Gasteiger partial charge in [0.15, 0.2) is 0 Å². The van der Waals surface area contributed by atoms with Gasteiger partial charge in [-0.1, -0.05) is 29.8 Å². The Kier molecular flexibility index (Phi) is 7.75. The van der Waals surface area contributed by atoms with E-state index in [1.54, 1.807) is 12.1 Å². The first-order valence-electron chi connectivity index (χ1n) is 10.6. The molecule has 2 aromatic carbocycles. The van der Waals surface area contributed by atoms with Gasteiger partial charge in [0.05, 0.1) is 17.1 Å². The number of nitrogens with one attached hydrogen (secondary N) is 2. The van der Waals surface area contributed by atoms with Gasteiger partial charge >= 0.3 is 5.97 Å². The number of aliphatic carboxylic acids is 1. The molecule has 7 heteroatoms. The molecule has 0 radical (unpaired) electrons. The van der Waals surface area contributed by atoms with E-state index in [0.717, 1.165) is 21.7 Å². The number of rotatable bonds is 7. The van der Waals surface area contributed by atoms with E-state index >= 15 is 0 Å². The lowest BCUT2D eigenvalue weighted by Gasteiger charge is -2.24. The molecule has 0 aliphatic heterocycles. The fourth-order valence-corrected chi connectivity index (χ4v) is 4.54. The molecular formula is C25H28N2O4S. The molecule has 0 saturated carbocycles. The second kappa shape index (κ2) is 10.5. The number of carbonyl (C=O) groups excluding carboxylic acids is 2. The summed E-state index contributed by atoms with van der Waals surface area (Å²) in [7, 11) is 0. The maximum absolute atomic E-state index is 12.6. The fourth-order valence-electron chi connectivity index (χ4n) is 3.67. The smallest absolute Gasteiger partial charge is 0.307 e. The SMILES string of the molecule is Cc1ccc(NC(=O)C(C)Sc2ccc(NC(=O)C3CC=CCC3C(=O)O)cc2)c(C)c1. The number of hydrogen-bond donors (Lipinski definition) is 3. The van der Waals surface area contributed by atoms with Crippen LogP contribution < -0.4 is 10.6 Å². The summed E-state index contributed by atoms with van der Waals surface area (Å²) in [6, 6.07) is 13.1. The average Bonchev–Trinajstić information content (AvgIpc) is 2.76. The first-order chi connectivity index (χ1) is 15.2. The second-order valence-electron chi connectivity index (χ2n) is 8.08. The summed E-state index contributed by atoms with van der Waals surface area (Å²) < 4.78 is 0. The van der Waals surface area contributed by atoms with E-state index in [1.165, 1.54) is 11.8 Å². The van der Waals surface area contributed by atoms with Gasteiger partial charge in [0, 0.05) is 16.3 Å². The van der Waals surface area contributed by atoms with Gasteiger partial charge in [-0.3, -0.25) is 14.4 Å². The number of amides is 2. The van der Waals surface area contributed by atoms with Crippen molar-refractivity contribution in [2.45, 2.75) is 43.8 Å². The van der Waals surface area contributed by atoms with Crippen LogP contribution >= 0.6 is 11.8 Å². The van der Waals surface area contributed by atoms with Crippen molar-refractivity contribution < 1.29 is 19.5 Å². The molecule has 0 saturated heterocycles. The van der Waals surface area contributed by atoms with Crippen molar-refractivity contribution >= 4 is 40.9 Å². The third-order valence-electron chi connectivity index (χ3n) is 5.53. The van der Waals surface area contributed by atoms with Crippen LogP contribution in [0.15, 0.2) is 59.5 Å². The molecule has 0 aromatic heterocycles. The zero-order valence-corrected chi connectivity index (χ0v) is 19.2. The van der Waals surface area contributed by atoms with Crippen molar-refractivity contribution in [3.63, 3.8) is 0 Å². The van der Waals surface area contributed by atoms with Crippen LogP contribution in [0.3, 0.4) is 0 Å². The van der Waals surface area contributed by atoms with Crippen LogP contribution in [0.5, 0.6) is 0 Å². The summed E-state index contributed by atoms with van der Waals surface area (Å²) in [5, 5.41) is 14.8. The lowest BCUT2D eigenvalue weighted by Crippen LogP contribution is -2.34. The van der Waals surface area contributed by atoms with Gasteiger partial charge < -0.3 is 15.7 Å². The van der Waals surface area contributed by atoms with E-state index in [9.17, 15) is 19.5 Å². The van der Waals surface area contributed by atoms with Crippen LogP contribution in [0, 0.1) is 25.7 Å². The Morgan fingerprint density at radius 3 is 2.25 bits per heavy atom. The largest absolute Gasteiger partial charge is 0.481 e. The fraction of sp³-hybridized carbons (Fsp3) is 0.320. The lowest BCUT2D eigenvalue weighted by atomic mass is 9.82. The standard InChI is InChI=1S/C25H28N2O4S/c1-15-8-13-22(16(2)14-15)27-23(28)17(3)32-19-11-9-18(10-12-19)26-24(29)20-6-4-5-7-21(20)25(30)31/h4-5,8-14,17,20-21H,6-7H2,1-3H3,(H,26,29)(H,27,28)(H,30,31). The van der Waals surface area contributed by atoms with Gasteiger partial charge in [-0.15, -0.1) is 11.8 Å². The topological polar surface area (TPSA) is 95.5 Å². The van der Waals surface area contributed by atoms with E-state index in [1.807, 2.05) is 63.3 Å². The highest BCUT2D eigenvalue weighted by Gasteiger charge is 2.33. The highest BCUT2D eigenvalue weighted by atomic mass is 32.2. The molecule has 0 bridgehead atoms. The number of carbonyl (C=O) groups is 3. The van der Waals surface area contributed by atoms with Crippen LogP contribution in [0.4, 0.5) is 11.4 Å². The number of aryl methyl sites for hydroxylation is 2. The van der Waals surface area contributed by atoms with Crippen LogP contribution in [-0.2, 0) is 14.4 Å². The van der Waals surface area contributed by atoms with Crippen LogP contribution in [0.1, 0.15) is 30.9 Å². The molecule has 2 aromatic rings. The Balaban J connectivity index is 1.56. The number of thioether (sulfide) groups is 1. The minimum Gasteiger partial charge on any atom is -0.481 e. The van der Waals surface area contributed by atoms with E-state index in [2.05, 4.69) is 10.6 Å². The van der Waals surface area contributed by atoms with Crippen molar-refractivity contribution in [2.24, 2.45) is 11.8 Å². The lowest BCUT2D eigenvalue weighted by molar-refractivity contribution is -0.146. The summed E-state index contributed by atoms with van der Waals surface area (Å²) in [5.41, 5.74) is 3.58. The summed E-state index contributed by atoms with van der Waals surface area (Å²) in [5.74, 6) is -2.60. The number of allylic oxidation sites excluding steroid dienone is 2. The Bertz CT molecular complexity index is 1030. The van der Waals surface area contributed by atoms with Crippen molar-refractivity contribution in [2.75, 3.05) is 10.6 Å². The monoisotopic (exact) mass is 452 g/mol. The van der Waals surface area contributed by atoms with Crippen molar-refractivity contribution in [3.8, 4) is 0 Å². The Labute approximate surface area is 192 Å². The molecule has 0 fully saturated rings. The Hall–Kier alpha value is -3.06. The predicted molar refractivity (Wildman–Crippen MR) is 128 cm³/mol. The first kappa shape index (κ1) is 23.6. The van der Waals surface area contributed by atoms with E-state index in [4.69, 9.17) is 0 Å². The molecule has 6 nitrogen and oxygen atoms in total. The third-order valence-corrected chi connectivity index (χ3v) is 6.64. The number of anilines is 2. The molecule has 1 aliphatic rings. The zero-order chi connectivity index (χ0) is 23.3. The number of benzene rings is 2. The highest BCUT2D eigenvalue weighted by molar-refractivity contribution is 8.00. The molecular weight excluding hydrogens is 424 g/mol. The van der Waals surface area contributed by atoms with Gasteiger partial charge in [-0.25, -0.2) is 0 Å². The van der Waals surface area contributed by atoms with Crippen LogP contribution in [0.2, 0.25) is 0 Å². The number of hydrogen-bond acceptors (Lipinski definition) is 4. The summed E-state index contributed by atoms with van der Waals surface area (Å²) in [4.78, 5) is 37.5. The van der Waals surface area contributed by atoms with Gasteiger partial charge in [-0.05, 0) is 69.5 Å². The molecule has 3 unspecified atom stereocenters. The van der Waals surface area contributed by atoms with Gasteiger partial charge in [0.25, 0.3) is 0 Å². The maximum atomic E-state index is 12.6. The molecule has 3 atom stereocenters. The molecule has 2 amide bonds. The zero-order valence-electron chi connectivity index (χ0n) is 18.4. The number of carboxylic acid groups (broad SMARTS) is 1. The minimum absolute atomic E-state index is 0.0793. The maximum Gasteiger partial charge on any atom is 0.307 e. The minimum atomic E-state index is -0.950. The Morgan fingerprint density at radius 1 is 0.969 bits per heavy atom. The van der Waals surface area contributed by atoms with Crippen LogP contribution in [0.25, 0.3) is 0 Å². The van der Waals surface area contributed by atoms with Gasteiger partial charge in [0.2, 0.25) is 11.8 Å². The summed E-state index contributed by atoms with van der Waals surface area (Å²) >= 11 is 1.43. The molecule has 0 spiro atoms. The molecule has 3 rings (SSSR count). The molecule has 168 valence electrons. The van der Waals surface area contributed by atoms with Crippen molar-refractivity contribution in [1.82, 2.24) is 0 Å². The predicted octanol–water partition coefficient (Wildman–Crippen LogP) is 5.03. The molecule has 3 N–H and O–H groups in total. The van der Waals surface area contributed by atoms with Gasteiger partial charge in [0.1, 0.15) is 0 Å². The second-order valence-corrected chi connectivity index (χ2v) is 9.49. The molecule has 1 aliphatic carbocycles. The summed E-state index contributed by atoms with van der Waals surface area (Å²) in [6.45, 7) is 5.83. The average molecular weight is 453 g/mol. The molecule has 0 heterocycles. The van der Waals surface area contributed by atoms with Crippen LogP contribution in [-0.4, -0.2) is 28.1 Å². The van der Waals surface area contributed by atoms with E-state index in [-0.39, 0.29) is 17.1 Å². The number of carboxylic acids is 1. The highest BCUT2D eigenvalue weighted by Crippen LogP contribution is 2.29. The van der Waals surface area contributed by atoms with Gasteiger partial charge in [-0.2, -0.15) is 0 Å². The third kappa shape index (κ3) is 6.01. The van der Waals surface area contributed by atoms with Crippen molar-refractivity contribution in [1.29, 1.82) is 0 Å². The van der Waals surface area contributed by atoms with E-state index < -0.39 is 17.8 Å². The van der Waals surface area contributed by atoms with Crippen molar-refractivity contribution in [3.05, 3.63) is 65.7 Å². The quantitative estimate of drug-likeness (QED) is 0.405.